The third kappa shape index (κ3) is 8.12. The van der Waals surface area contributed by atoms with Crippen LogP contribution in [0.3, 0.4) is 0 Å². The number of unbranched alkanes of at least 4 members (excludes halogenated alkanes) is 2. The summed E-state index contributed by atoms with van der Waals surface area (Å²) in [5, 5.41) is 13.7. The van der Waals surface area contributed by atoms with Crippen LogP contribution in [0, 0.1) is 0 Å². The molecule has 0 aromatic heterocycles. The van der Waals surface area contributed by atoms with Crippen molar-refractivity contribution in [3.05, 3.63) is 0 Å². The third-order valence-electron chi connectivity index (χ3n) is 2.80. The lowest BCUT2D eigenvalue weighted by molar-refractivity contribution is 0.0964. The summed E-state index contributed by atoms with van der Waals surface area (Å²) in [5.41, 5.74) is 0.0889. The number of aliphatic hydroxyl groups excluding tert-OH is 1. The van der Waals surface area contributed by atoms with Crippen molar-refractivity contribution in [3.63, 3.8) is 0 Å². The highest BCUT2D eigenvalue weighted by molar-refractivity contribution is 4.83. The molecule has 0 saturated heterocycles. The molecule has 0 amide bonds. The van der Waals surface area contributed by atoms with Crippen molar-refractivity contribution in [1.82, 2.24) is 5.32 Å². The molecule has 0 spiro atoms. The van der Waals surface area contributed by atoms with Crippen LogP contribution in [0.1, 0.15) is 73.1 Å². The molecule has 98 valence electrons. The fourth-order valence-corrected chi connectivity index (χ4v) is 1.96. The maximum Gasteiger partial charge on any atom is 0.0693 e. The summed E-state index contributed by atoms with van der Waals surface area (Å²) in [6.07, 6.45) is 6.49. The second-order valence-electron chi connectivity index (χ2n) is 5.85. The molecule has 2 heteroatoms. The van der Waals surface area contributed by atoms with Gasteiger partial charge in [0.1, 0.15) is 0 Å². The summed E-state index contributed by atoms with van der Waals surface area (Å²) in [7, 11) is 0. The van der Waals surface area contributed by atoms with Crippen LogP contribution in [0.25, 0.3) is 0 Å². The highest BCUT2D eigenvalue weighted by Gasteiger charge is 2.22. The van der Waals surface area contributed by atoms with Gasteiger partial charge in [0.15, 0.2) is 0 Å². The van der Waals surface area contributed by atoms with Crippen LogP contribution < -0.4 is 5.32 Å². The summed E-state index contributed by atoms with van der Waals surface area (Å²) < 4.78 is 0. The zero-order valence-corrected chi connectivity index (χ0v) is 11.8. The van der Waals surface area contributed by atoms with E-state index in [4.69, 9.17) is 0 Å². The SMILES string of the molecule is CCCC[C@@H](O)[C@@H](CCCC)NC(C)(C)C. The molecular weight excluding hydrogens is 198 g/mol. The van der Waals surface area contributed by atoms with E-state index in [9.17, 15) is 5.11 Å². The predicted octanol–water partition coefficient (Wildman–Crippen LogP) is 3.48. The zero-order chi connectivity index (χ0) is 12.6. The van der Waals surface area contributed by atoms with Crippen molar-refractivity contribution in [2.75, 3.05) is 0 Å². The Labute approximate surface area is 102 Å². The van der Waals surface area contributed by atoms with Gasteiger partial charge in [-0.25, -0.2) is 0 Å². The fourth-order valence-electron chi connectivity index (χ4n) is 1.96. The minimum absolute atomic E-state index is 0.0889. The molecule has 2 atom stereocenters. The first-order valence-electron chi connectivity index (χ1n) is 6.86. The monoisotopic (exact) mass is 229 g/mol. The van der Waals surface area contributed by atoms with Gasteiger partial charge in [-0.15, -0.1) is 0 Å². The van der Waals surface area contributed by atoms with Gasteiger partial charge in [-0.3, -0.25) is 0 Å². The third-order valence-corrected chi connectivity index (χ3v) is 2.80. The Bertz CT molecular complexity index is 163. The Morgan fingerprint density at radius 1 is 1.00 bits per heavy atom. The lowest BCUT2D eigenvalue weighted by Crippen LogP contribution is -2.49. The van der Waals surface area contributed by atoms with E-state index in [1.807, 2.05) is 0 Å². The Kier molecular flexibility index (Phi) is 8.04. The van der Waals surface area contributed by atoms with E-state index < -0.39 is 0 Å². The van der Waals surface area contributed by atoms with Gasteiger partial charge < -0.3 is 10.4 Å². The van der Waals surface area contributed by atoms with Crippen LogP contribution in [-0.4, -0.2) is 22.8 Å². The Morgan fingerprint density at radius 2 is 1.50 bits per heavy atom. The number of rotatable bonds is 8. The average molecular weight is 229 g/mol. The van der Waals surface area contributed by atoms with Crippen LogP contribution in [0.4, 0.5) is 0 Å². The summed E-state index contributed by atoms with van der Waals surface area (Å²) >= 11 is 0. The smallest absolute Gasteiger partial charge is 0.0693 e. The van der Waals surface area contributed by atoms with E-state index in [1.54, 1.807) is 0 Å². The van der Waals surface area contributed by atoms with E-state index >= 15 is 0 Å². The zero-order valence-electron chi connectivity index (χ0n) is 11.8. The molecule has 16 heavy (non-hydrogen) atoms. The second-order valence-corrected chi connectivity index (χ2v) is 5.85. The van der Waals surface area contributed by atoms with E-state index in [0.717, 1.165) is 25.7 Å². The highest BCUT2D eigenvalue weighted by atomic mass is 16.3. The van der Waals surface area contributed by atoms with Gasteiger partial charge in [0.25, 0.3) is 0 Å². The van der Waals surface area contributed by atoms with Crippen LogP contribution in [0.5, 0.6) is 0 Å². The van der Waals surface area contributed by atoms with Gasteiger partial charge in [0.05, 0.1) is 6.10 Å². The molecule has 0 bridgehead atoms. The van der Waals surface area contributed by atoms with Gasteiger partial charge >= 0.3 is 0 Å². The largest absolute Gasteiger partial charge is 0.392 e. The highest BCUT2D eigenvalue weighted by Crippen LogP contribution is 2.14. The molecule has 0 aliphatic carbocycles. The molecule has 0 radical (unpaired) electrons. The van der Waals surface area contributed by atoms with Gasteiger partial charge in [-0.05, 0) is 33.6 Å². The molecular formula is C14H31NO. The van der Waals surface area contributed by atoms with E-state index in [0.29, 0.717) is 0 Å². The van der Waals surface area contributed by atoms with Crippen LogP contribution in [0.2, 0.25) is 0 Å². The van der Waals surface area contributed by atoms with E-state index in [1.165, 1.54) is 12.8 Å². The van der Waals surface area contributed by atoms with Gasteiger partial charge in [-0.2, -0.15) is 0 Å². The van der Waals surface area contributed by atoms with Gasteiger partial charge in [0.2, 0.25) is 0 Å². The molecule has 0 saturated carbocycles. The molecule has 0 heterocycles. The number of nitrogens with one attached hydrogen (secondary N) is 1. The Morgan fingerprint density at radius 3 is 1.94 bits per heavy atom. The molecule has 0 aliphatic heterocycles. The summed E-state index contributed by atoms with van der Waals surface area (Å²) in [5.74, 6) is 0. The van der Waals surface area contributed by atoms with E-state index in [2.05, 4.69) is 39.9 Å². The van der Waals surface area contributed by atoms with Crippen molar-refractivity contribution in [1.29, 1.82) is 0 Å². The molecule has 0 aromatic rings. The predicted molar refractivity (Wildman–Crippen MR) is 71.7 cm³/mol. The molecule has 0 fully saturated rings. The van der Waals surface area contributed by atoms with Gasteiger partial charge in [0, 0.05) is 11.6 Å². The summed E-state index contributed by atoms with van der Waals surface area (Å²) in [4.78, 5) is 0. The van der Waals surface area contributed by atoms with Gasteiger partial charge in [-0.1, -0.05) is 39.5 Å². The standard InChI is InChI=1S/C14H31NO/c1-6-8-10-12(15-14(3,4)5)13(16)11-9-7-2/h12-13,15-16H,6-11H2,1-5H3/t12-,13-/m1/s1. The summed E-state index contributed by atoms with van der Waals surface area (Å²) in [6, 6.07) is 0.256. The van der Waals surface area contributed by atoms with Crippen LogP contribution in [0.15, 0.2) is 0 Å². The first kappa shape index (κ1) is 15.9. The molecule has 0 unspecified atom stereocenters. The minimum atomic E-state index is -0.189. The normalized spacial score (nSPS) is 16.1. The first-order chi connectivity index (χ1) is 7.40. The minimum Gasteiger partial charge on any atom is -0.392 e. The van der Waals surface area contributed by atoms with Crippen LogP contribution >= 0.6 is 0 Å². The first-order valence-corrected chi connectivity index (χ1v) is 6.86. The van der Waals surface area contributed by atoms with E-state index in [-0.39, 0.29) is 17.7 Å². The van der Waals surface area contributed by atoms with Crippen molar-refractivity contribution in [3.8, 4) is 0 Å². The second kappa shape index (κ2) is 8.08. The molecule has 0 aromatic carbocycles. The Hall–Kier alpha value is -0.0800. The maximum atomic E-state index is 10.2. The fraction of sp³-hybridized carbons (Fsp3) is 1.00. The lowest BCUT2D eigenvalue weighted by Gasteiger charge is -2.32. The van der Waals surface area contributed by atoms with Crippen molar-refractivity contribution < 1.29 is 5.11 Å². The molecule has 0 aliphatic rings. The van der Waals surface area contributed by atoms with Crippen molar-refractivity contribution >= 4 is 0 Å². The van der Waals surface area contributed by atoms with Crippen LogP contribution in [-0.2, 0) is 0 Å². The Balaban J connectivity index is 4.17. The molecule has 0 rings (SSSR count). The van der Waals surface area contributed by atoms with Crippen molar-refractivity contribution in [2.24, 2.45) is 0 Å². The topological polar surface area (TPSA) is 32.3 Å². The quantitative estimate of drug-likeness (QED) is 0.668. The summed E-state index contributed by atoms with van der Waals surface area (Å²) in [6.45, 7) is 10.9. The van der Waals surface area contributed by atoms with Crippen molar-refractivity contribution in [2.45, 2.75) is 90.8 Å². The number of hydrogen-bond acceptors (Lipinski definition) is 2. The number of hydrogen-bond donors (Lipinski definition) is 2. The number of aliphatic hydroxyl groups is 1. The lowest BCUT2D eigenvalue weighted by atomic mass is 9.96. The maximum absolute atomic E-state index is 10.2. The molecule has 2 nitrogen and oxygen atoms in total. The molecule has 2 N–H and O–H groups in total. The average Bonchev–Trinajstić information content (AvgIpc) is 2.19.